The van der Waals surface area contributed by atoms with Crippen LogP contribution in [0.4, 0.5) is 5.69 Å². The number of benzene rings is 2. The van der Waals surface area contributed by atoms with Crippen molar-refractivity contribution in [3.8, 4) is 5.75 Å². The molecule has 0 aliphatic carbocycles. The van der Waals surface area contributed by atoms with E-state index in [0.717, 1.165) is 5.52 Å². The average Bonchev–Trinajstić information content (AvgIpc) is 2.60. The molecule has 0 unspecified atom stereocenters. The second kappa shape index (κ2) is 7.40. The first-order valence-corrected chi connectivity index (χ1v) is 8.67. The Morgan fingerprint density at radius 1 is 1.15 bits per heavy atom. The van der Waals surface area contributed by atoms with E-state index in [1.807, 2.05) is 11.5 Å². The van der Waals surface area contributed by atoms with Gasteiger partial charge in [-0.3, -0.25) is 9.59 Å². The van der Waals surface area contributed by atoms with Gasteiger partial charge in [0.2, 0.25) is 5.43 Å². The topological polar surface area (TPSA) is 60.3 Å². The standard InChI is InChI=1S/C19H16Cl2N2O3/c1-3-23-10-16(18(24)15-9-14(26-2)4-5-17(15)23)19(25)22-13-7-11(20)6-12(21)8-13/h4-10H,3H2,1-2H3,(H,22,25). The summed E-state index contributed by atoms with van der Waals surface area (Å²) < 4.78 is 7.04. The first-order chi connectivity index (χ1) is 12.4. The van der Waals surface area contributed by atoms with Crippen molar-refractivity contribution in [1.82, 2.24) is 4.57 Å². The van der Waals surface area contributed by atoms with Crippen molar-refractivity contribution in [2.24, 2.45) is 0 Å². The lowest BCUT2D eigenvalue weighted by Gasteiger charge is -2.13. The number of hydrogen-bond acceptors (Lipinski definition) is 3. The molecule has 0 atom stereocenters. The Hall–Kier alpha value is -2.50. The smallest absolute Gasteiger partial charge is 0.261 e. The van der Waals surface area contributed by atoms with Crippen molar-refractivity contribution >= 4 is 45.7 Å². The summed E-state index contributed by atoms with van der Waals surface area (Å²) in [4.78, 5) is 25.5. The van der Waals surface area contributed by atoms with Gasteiger partial charge < -0.3 is 14.6 Å². The maximum absolute atomic E-state index is 12.8. The normalized spacial score (nSPS) is 10.8. The van der Waals surface area contributed by atoms with E-state index in [1.165, 1.54) is 7.11 Å². The third-order valence-electron chi connectivity index (χ3n) is 3.99. The molecule has 5 nitrogen and oxygen atoms in total. The van der Waals surface area contributed by atoms with Crippen molar-refractivity contribution in [2.75, 3.05) is 12.4 Å². The number of amides is 1. The van der Waals surface area contributed by atoms with Crippen LogP contribution in [0.2, 0.25) is 10.0 Å². The lowest BCUT2D eigenvalue weighted by molar-refractivity contribution is 0.102. The number of fused-ring (bicyclic) bond motifs is 1. The maximum Gasteiger partial charge on any atom is 0.261 e. The molecule has 0 bridgehead atoms. The second-order valence-corrected chi connectivity index (χ2v) is 6.53. The second-order valence-electron chi connectivity index (χ2n) is 5.65. The Bertz CT molecular complexity index is 1040. The number of pyridine rings is 1. The van der Waals surface area contributed by atoms with Crippen LogP contribution in [0.15, 0.2) is 47.4 Å². The van der Waals surface area contributed by atoms with Gasteiger partial charge in [-0.15, -0.1) is 0 Å². The highest BCUT2D eigenvalue weighted by Gasteiger charge is 2.16. The molecule has 1 heterocycles. The Kier molecular flexibility index (Phi) is 5.20. The Labute approximate surface area is 160 Å². The van der Waals surface area contributed by atoms with Crippen LogP contribution in [0.5, 0.6) is 5.75 Å². The number of aryl methyl sites for hydroxylation is 1. The van der Waals surface area contributed by atoms with Gasteiger partial charge in [0.1, 0.15) is 11.3 Å². The number of methoxy groups -OCH3 is 1. The lowest BCUT2D eigenvalue weighted by Crippen LogP contribution is -2.24. The molecule has 3 rings (SSSR count). The van der Waals surface area contributed by atoms with Gasteiger partial charge in [-0.2, -0.15) is 0 Å². The summed E-state index contributed by atoms with van der Waals surface area (Å²) in [5.74, 6) is 0.0247. The van der Waals surface area contributed by atoms with Gasteiger partial charge in [-0.1, -0.05) is 23.2 Å². The van der Waals surface area contributed by atoms with Crippen molar-refractivity contribution in [2.45, 2.75) is 13.5 Å². The molecule has 134 valence electrons. The molecule has 0 radical (unpaired) electrons. The highest BCUT2D eigenvalue weighted by Crippen LogP contribution is 2.23. The number of rotatable bonds is 4. The van der Waals surface area contributed by atoms with Crippen LogP contribution in [-0.2, 0) is 6.54 Å². The van der Waals surface area contributed by atoms with Crippen molar-refractivity contribution in [3.63, 3.8) is 0 Å². The minimum atomic E-state index is -0.528. The van der Waals surface area contributed by atoms with E-state index >= 15 is 0 Å². The van der Waals surface area contributed by atoms with Crippen LogP contribution in [0, 0.1) is 0 Å². The summed E-state index contributed by atoms with van der Waals surface area (Å²) in [6.45, 7) is 2.54. The molecule has 7 heteroatoms. The van der Waals surface area contributed by atoms with Gasteiger partial charge in [0.05, 0.1) is 18.0 Å². The molecule has 0 aliphatic heterocycles. The Morgan fingerprint density at radius 3 is 2.46 bits per heavy atom. The lowest BCUT2D eigenvalue weighted by atomic mass is 10.1. The third kappa shape index (κ3) is 3.54. The largest absolute Gasteiger partial charge is 0.497 e. The molecule has 0 saturated carbocycles. The first-order valence-electron chi connectivity index (χ1n) is 7.91. The zero-order valence-corrected chi connectivity index (χ0v) is 15.7. The van der Waals surface area contributed by atoms with E-state index in [1.54, 1.807) is 42.6 Å². The van der Waals surface area contributed by atoms with Crippen molar-refractivity contribution in [1.29, 1.82) is 0 Å². The van der Waals surface area contributed by atoms with E-state index in [9.17, 15) is 9.59 Å². The van der Waals surface area contributed by atoms with E-state index in [4.69, 9.17) is 27.9 Å². The highest BCUT2D eigenvalue weighted by molar-refractivity contribution is 6.35. The Balaban J connectivity index is 2.10. The summed E-state index contributed by atoms with van der Waals surface area (Å²) in [5, 5.41) is 3.87. The number of aromatic nitrogens is 1. The molecule has 0 spiro atoms. The van der Waals surface area contributed by atoms with Crippen LogP contribution in [0.1, 0.15) is 17.3 Å². The zero-order valence-electron chi connectivity index (χ0n) is 14.2. The monoisotopic (exact) mass is 390 g/mol. The minimum Gasteiger partial charge on any atom is -0.497 e. The summed E-state index contributed by atoms with van der Waals surface area (Å²) in [6, 6.07) is 9.91. The summed E-state index contributed by atoms with van der Waals surface area (Å²) in [7, 11) is 1.53. The SMILES string of the molecule is CCn1cc(C(=O)Nc2cc(Cl)cc(Cl)c2)c(=O)c2cc(OC)ccc21. The molecule has 1 aromatic heterocycles. The first kappa shape index (κ1) is 18.3. The van der Waals surface area contributed by atoms with Crippen molar-refractivity contribution < 1.29 is 9.53 Å². The number of carbonyl (C=O) groups excluding carboxylic acids is 1. The van der Waals surface area contributed by atoms with Crippen LogP contribution in [0.25, 0.3) is 10.9 Å². The van der Waals surface area contributed by atoms with E-state index in [-0.39, 0.29) is 11.0 Å². The van der Waals surface area contributed by atoms with Crippen LogP contribution in [0.3, 0.4) is 0 Å². The molecule has 1 N–H and O–H groups in total. The number of nitrogens with zero attached hydrogens (tertiary/aromatic N) is 1. The van der Waals surface area contributed by atoms with Gasteiger partial charge in [0, 0.05) is 28.5 Å². The number of ether oxygens (including phenoxy) is 1. The fourth-order valence-corrected chi connectivity index (χ4v) is 3.28. The molecule has 2 aromatic carbocycles. The van der Waals surface area contributed by atoms with Gasteiger partial charge >= 0.3 is 0 Å². The number of hydrogen-bond donors (Lipinski definition) is 1. The molecule has 3 aromatic rings. The number of nitrogens with one attached hydrogen (secondary N) is 1. The molecule has 0 saturated heterocycles. The average molecular weight is 391 g/mol. The van der Waals surface area contributed by atoms with Crippen LogP contribution < -0.4 is 15.5 Å². The van der Waals surface area contributed by atoms with Gasteiger partial charge in [-0.05, 0) is 43.3 Å². The van der Waals surface area contributed by atoms with Gasteiger partial charge in [-0.25, -0.2) is 0 Å². The quantitative estimate of drug-likeness (QED) is 0.708. The van der Waals surface area contributed by atoms with E-state index < -0.39 is 5.91 Å². The number of halogens is 2. The predicted molar refractivity (Wildman–Crippen MR) is 105 cm³/mol. The number of anilines is 1. The molecule has 26 heavy (non-hydrogen) atoms. The fourth-order valence-electron chi connectivity index (χ4n) is 2.75. The summed E-state index contributed by atoms with van der Waals surface area (Å²) in [5.41, 5.74) is 0.819. The minimum absolute atomic E-state index is 0.0312. The number of carbonyl (C=O) groups is 1. The molecule has 0 aliphatic rings. The highest BCUT2D eigenvalue weighted by atomic mass is 35.5. The Morgan fingerprint density at radius 2 is 1.85 bits per heavy atom. The van der Waals surface area contributed by atoms with E-state index in [0.29, 0.717) is 33.4 Å². The van der Waals surface area contributed by atoms with Gasteiger partial charge in [0.25, 0.3) is 5.91 Å². The van der Waals surface area contributed by atoms with E-state index in [2.05, 4.69) is 5.32 Å². The molecular weight excluding hydrogens is 375 g/mol. The van der Waals surface area contributed by atoms with Crippen LogP contribution in [-0.4, -0.2) is 17.6 Å². The predicted octanol–water partition coefficient (Wildman–Crippen LogP) is 4.59. The third-order valence-corrected chi connectivity index (χ3v) is 4.43. The molecule has 1 amide bonds. The fraction of sp³-hybridized carbons (Fsp3) is 0.158. The zero-order chi connectivity index (χ0) is 18.8. The summed E-state index contributed by atoms with van der Waals surface area (Å²) in [6.07, 6.45) is 1.55. The maximum atomic E-state index is 12.8. The van der Waals surface area contributed by atoms with Crippen LogP contribution >= 0.6 is 23.2 Å². The van der Waals surface area contributed by atoms with Crippen molar-refractivity contribution in [3.05, 3.63) is 68.4 Å². The molecule has 0 fully saturated rings. The molecular formula is C19H16Cl2N2O3. The summed E-state index contributed by atoms with van der Waals surface area (Å²) >= 11 is 11.9. The van der Waals surface area contributed by atoms with Gasteiger partial charge in [0.15, 0.2) is 0 Å².